The molecule has 0 aromatic carbocycles. The first kappa shape index (κ1) is 17.2. The third-order valence-electron chi connectivity index (χ3n) is 6.67. The van der Waals surface area contributed by atoms with Crippen LogP contribution < -0.4 is 5.73 Å². The molecule has 124 valence electrons. The third kappa shape index (κ3) is 3.46. The highest BCUT2D eigenvalue weighted by Crippen LogP contribution is 2.42. The van der Waals surface area contributed by atoms with Gasteiger partial charge in [-0.15, -0.1) is 0 Å². The minimum atomic E-state index is 0.274. The van der Waals surface area contributed by atoms with E-state index in [4.69, 9.17) is 5.73 Å². The van der Waals surface area contributed by atoms with Crippen molar-refractivity contribution in [3.05, 3.63) is 0 Å². The van der Waals surface area contributed by atoms with Crippen LogP contribution >= 0.6 is 0 Å². The van der Waals surface area contributed by atoms with E-state index in [0.29, 0.717) is 11.5 Å². The molecule has 0 spiro atoms. The van der Waals surface area contributed by atoms with Gasteiger partial charge >= 0.3 is 0 Å². The zero-order valence-electron chi connectivity index (χ0n) is 14.8. The van der Waals surface area contributed by atoms with Gasteiger partial charge in [-0.3, -0.25) is 4.90 Å². The van der Waals surface area contributed by atoms with Crippen LogP contribution in [-0.2, 0) is 0 Å². The van der Waals surface area contributed by atoms with Crippen molar-refractivity contribution in [2.24, 2.45) is 11.1 Å². The lowest BCUT2D eigenvalue weighted by Crippen LogP contribution is -2.54. The maximum absolute atomic E-state index is 6.32. The Labute approximate surface area is 132 Å². The predicted molar refractivity (Wildman–Crippen MR) is 91.6 cm³/mol. The van der Waals surface area contributed by atoms with Crippen LogP contribution in [0.3, 0.4) is 0 Å². The molecule has 2 saturated heterocycles. The van der Waals surface area contributed by atoms with Crippen LogP contribution in [0.4, 0.5) is 0 Å². The molecule has 3 nitrogen and oxygen atoms in total. The number of likely N-dealkylation sites (tertiary alicyclic amines) is 2. The van der Waals surface area contributed by atoms with Crippen molar-refractivity contribution in [1.82, 2.24) is 9.80 Å². The summed E-state index contributed by atoms with van der Waals surface area (Å²) in [5, 5.41) is 0. The maximum atomic E-state index is 6.32. The summed E-state index contributed by atoms with van der Waals surface area (Å²) in [5.74, 6) is 0. The van der Waals surface area contributed by atoms with Crippen molar-refractivity contribution >= 4 is 0 Å². The van der Waals surface area contributed by atoms with Crippen molar-refractivity contribution < 1.29 is 0 Å². The average molecular weight is 296 g/mol. The van der Waals surface area contributed by atoms with E-state index in [2.05, 4.69) is 37.5 Å². The molecule has 0 radical (unpaired) electrons. The summed E-state index contributed by atoms with van der Waals surface area (Å²) in [6.07, 6.45) is 7.85. The highest BCUT2D eigenvalue weighted by molar-refractivity contribution is 5.01. The molecular weight excluding hydrogens is 258 g/mol. The summed E-state index contributed by atoms with van der Waals surface area (Å²) in [7, 11) is 0. The summed E-state index contributed by atoms with van der Waals surface area (Å²) in [6, 6.07) is 0.669. The van der Waals surface area contributed by atoms with Crippen LogP contribution in [0.5, 0.6) is 0 Å². The van der Waals surface area contributed by atoms with Gasteiger partial charge in [0.1, 0.15) is 0 Å². The molecule has 3 heteroatoms. The Morgan fingerprint density at radius 2 is 1.71 bits per heavy atom. The van der Waals surface area contributed by atoms with Crippen LogP contribution in [0, 0.1) is 5.41 Å². The van der Waals surface area contributed by atoms with Gasteiger partial charge in [0.15, 0.2) is 0 Å². The van der Waals surface area contributed by atoms with Gasteiger partial charge in [-0.25, -0.2) is 0 Å². The van der Waals surface area contributed by atoms with Gasteiger partial charge in [0, 0.05) is 31.2 Å². The van der Waals surface area contributed by atoms with E-state index < -0.39 is 0 Å². The summed E-state index contributed by atoms with van der Waals surface area (Å²) < 4.78 is 0. The van der Waals surface area contributed by atoms with Crippen LogP contribution in [-0.4, -0.2) is 54.1 Å². The molecule has 0 bridgehead atoms. The molecule has 1 atom stereocenters. The zero-order valence-corrected chi connectivity index (χ0v) is 14.8. The van der Waals surface area contributed by atoms with E-state index in [0.717, 1.165) is 6.54 Å². The lowest BCUT2D eigenvalue weighted by molar-refractivity contribution is 0.0856. The molecule has 2 fully saturated rings. The van der Waals surface area contributed by atoms with Crippen molar-refractivity contribution in [3.8, 4) is 0 Å². The minimum Gasteiger partial charge on any atom is -0.329 e. The molecule has 0 saturated carbocycles. The molecule has 0 amide bonds. The summed E-state index contributed by atoms with van der Waals surface area (Å²) in [4.78, 5) is 5.42. The fraction of sp³-hybridized carbons (Fsp3) is 1.00. The Balaban J connectivity index is 2.08. The molecule has 2 aliphatic heterocycles. The summed E-state index contributed by atoms with van der Waals surface area (Å²) in [6.45, 7) is 15.2. The van der Waals surface area contributed by atoms with E-state index in [-0.39, 0.29) is 5.54 Å². The minimum absolute atomic E-state index is 0.274. The second-order valence-corrected chi connectivity index (χ2v) is 7.79. The van der Waals surface area contributed by atoms with Gasteiger partial charge in [0.05, 0.1) is 0 Å². The second-order valence-electron chi connectivity index (χ2n) is 7.79. The Hall–Kier alpha value is -0.120. The molecule has 0 aliphatic carbocycles. The van der Waals surface area contributed by atoms with Crippen LogP contribution in [0.25, 0.3) is 0 Å². The SMILES string of the molecule is CCC1(CC)CCN(C2(CN)CCCN(C(C)C)CC2)C1. The van der Waals surface area contributed by atoms with Crippen LogP contribution in [0.15, 0.2) is 0 Å². The van der Waals surface area contributed by atoms with Crippen LogP contribution in [0.1, 0.15) is 66.2 Å². The Bertz CT molecular complexity index is 324. The van der Waals surface area contributed by atoms with Gasteiger partial charge in [-0.1, -0.05) is 13.8 Å². The monoisotopic (exact) mass is 295 g/mol. The average Bonchev–Trinajstić information content (AvgIpc) is 2.81. The Morgan fingerprint density at radius 1 is 1.00 bits per heavy atom. The van der Waals surface area contributed by atoms with Gasteiger partial charge < -0.3 is 10.6 Å². The number of nitrogens with two attached hydrogens (primary N) is 1. The number of hydrogen-bond acceptors (Lipinski definition) is 3. The fourth-order valence-corrected chi connectivity index (χ4v) is 4.53. The molecule has 2 heterocycles. The molecule has 0 aromatic heterocycles. The lowest BCUT2D eigenvalue weighted by Gasteiger charge is -2.42. The first-order chi connectivity index (χ1) is 10.0. The summed E-state index contributed by atoms with van der Waals surface area (Å²) >= 11 is 0. The van der Waals surface area contributed by atoms with E-state index in [1.807, 2.05) is 0 Å². The van der Waals surface area contributed by atoms with E-state index in [1.54, 1.807) is 0 Å². The molecule has 2 rings (SSSR count). The van der Waals surface area contributed by atoms with Gasteiger partial charge in [0.25, 0.3) is 0 Å². The van der Waals surface area contributed by atoms with Gasteiger partial charge in [-0.05, 0) is 70.9 Å². The molecular formula is C18H37N3. The Kier molecular flexibility index (Phi) is 5.72. The zero-order chi connectivity index (χ0) is 15.5. The van der Waals surface area contributed by atoms with E-state index in [9.17, 15) is 0 Å². The van der Waals surface area contributed by atoms with E-state index in [1.165, 1.54) is 64.7 Å². The topological polar surface area (TPSA) is 32.5 Å². The van der Waals surface area contributed by atoms with Gasteiger partial charge in [-0.2, -0.15) is 0 Å². The quantitative estimate of drug-likeness (QED) is 0.846. The maximum Gasteiger partial charge on any atom is 0.0344 e. The molecule has 1 unspecified atom stereocenters. The van der Waals surface area contributed by atoms with Crippen molar-refractivity contribution in [3.63, 3.8) is 0 Å². The first-order valence-corrected chi connectivity index (χ1v) is 9.20. The van der Waals surface area contributed by atoms with Crippen LogP contribution in [0.2, 0.25) is 0 Å². The van der Waals surface area contributed by atoms with Crippen molar-refractivity contribution in [1.29, 1.82) is 0 Å². The first-order valence-electron chi connectivity index (χ1n) is 9.20. The molecule has 2 N–H and O–H groups in total. The van der Waals surface area contributed by atoms with Crippen molar-refractivity contribution in [2.45, 2.75) is 77.8 Å². The molecule has 0 aromatic rings. The number of hydrogen-bond donors (Lipinski definition) is 1. The lowest BCUT2D eigenvalue weighted by atomic mass is 9.81. The number of rotatable bonds is 5. The molecule has 2 aliphatic rings. The smallest absolute Gasteiger partial charge is 0.0344 e. The second kappa shape index (κ2) is 6.97. The van der Waals surface area contributed by atoms with Crippen molar-refractivity contribution in [2.75, 3.05) is 32.7 Å². The highest BCUT2D eigenvalue weighted by atomic mass is 15.3. The highest BCUT2D eigenvalue weighted by Gasteiger charge is 2.45. The standard InChI is InChI=1S/C18H37N3/c1-5-17(6-2)9-13-21(15-17)18(14-19)8-7-11-20(12-10-18)16(3)4/h16H,5-15,19H2,1-4H3. The third-order valence-corrected chi connectivity index (χ3v) is 6.67. The number of nitrogens with zero attached hydrogens (tertiary/aromatic N) is 2. The summed E-state index contributed by atoms with van der Waals surface area (Å²) in [5.41, 5.74) is 7.16. The van der Waals surface area contributed by atoms with E-state index >= 15 is 0 Å². The Morgan fingerprint density at radius 3 is 2.24 bits per heavy atom. The van der Waals surface area contributed by atoms with Gasteiger partial charge in [0.2, 0.25) is 0 Å². The fourth-order valence-electron chi connectivity index (χ4n) is 4.53. The molecule has 21 heavy (non-hydrogen) atoms. The largest absolute Gasteiger partial charge is 0.329 e. The normalized spacial score (nSPS) is 31.7. The predicted octanol–water partition coefficient (Wildman–Crippen LogP) is 3.09.